The zero-order valence-electron chi connectivity index (χ0n) is 34.3. The van der Waals surface area contributed by atoms with Crippen molar-refractivity contribution < 1.29 is 8.83 Å². The maximum absolute atomic E-state index is 7.09. The Bertz CT molecular complexity index is 3540. The highest BCUT2D eigenvalue weighted by Gasteiger charge is 2.26. The number of fused-ring (bicyclic) bond motifs is 6. The van der Waals surface area contributed by atoms with Gasteiger partial charge in [0.2, 0.25) is 0 Å². The summed E-state index contributed by atoms with van der Waals surface area (Å²) in [6, 6.07) is 83.9. The normalized spacial score (nSPS) is 11.5. The fourth-order valence-corrected chi connectivity index (χ4v) is 9.22. The zero-order chi connectivity index (χ0) is 41.7. The third-order valence-electron chi connectivity index (χ3n) is 12.2. The lowest BCUT2D eigenvalue weighted by molar-refractivity contribution is 0.668. The third kappa shape index (κ3) is 6.46. The molecular weight excluding hydrogens is 767 g/mol. The molecule has 0 amide bonds. The summed E-state index contributed by atoms with van der Waals surface area (Å²) < 4.78 is 14.2. The van der Waals surface area contributed by atoms with Gasteiger partial charge >= 0.3 is 0 Å². The summed E-state index contributed by atoms with van der Waals surface area (Å²) >= 11 is 0. The largest absolute Gasteiger partial charge is 0.455 e. The van der Waals surface area contributed by atoms with Gasteiger partial charge in [0.1, 0.15) is 16.7 Å². The van der Waals surface area contributed by atoms with E-state index in [1.807, 2.05) is 0 Å². The second-order valence-corrected chi connectivity index (χ2v) is 16.1. The maximum Gasteiger partial charge on any atom is 0.159 e. The van der Waals surface area contributed by atoms with E-state index in [1.165, 1.54) is 0 Å². The highest BCUT2D eigenvalue weighted by molar-refractivity contribution is 6.19. The summed E-state index contributed by atoms with van der Waals surface area (Å²) in [6.07, 6.45) is 0. The first-order valence-corrected chi connectivity index (χ1v) is 21.4. The number of furan rings is 2. The van der Waals surface area contributed by atoms with Gasteiger partial charge in [0, 0.05) is 27.4 Å². The molecular formula is C60H39NO2. The molecule has 0 spiro atoms. The Balaban J connectivity index is 1.17. The number of benzene rings is 10. The number of anilines is 3. The Labute approximate surface area is 365 Å². The summed E-state index contributed by atoms with van der Waals surface area (Å²) in [6.45, 7) is 0. The molecule has 63 heavy (non-hydrogen) atoms. The van der Waals surface area contributed by atoms with Crippen molar-refractivity contribution in [2.24, 2.45) is 0 Å². The van der Waals surface area contributed by atoms with E-state index in [9.17, 15) is 0 Å². The van der Waals surface area contributed by atoms with Crippen molar-refractivity contribution in [3.05, 3.63) is 237 Å². The van der Waals surface area contributed by atoms with Gasteiger partial charge in [0.15, 0.2) is 5.58 Å². The van der Waals surface area contributed by atoms with Gasteiger partial charge in [0.25, 0.3) is 0 Å². The Morgan fingerprint density at radius 2 is 0.746 bits per heavy atom. The molecule has 0 aliphatic heterocycles. The van der Waals surface area contributed by atoms with Crippen LogP contribution in [-0.4, -0.2) is 0 Å². The van der Waals surface area contributed by atoms with Crippen molar-refractivity contribution in [3.63, 3.8) is 0 Å². The third-order valence-corrected chi connectivity index (χ3v) is 12.2. The minimum absolute atomic E-state index is 0.809. The molecule has 12 aromatic rings. The predicted molar refractivity (Wildman–Crippen MR) is 263 cm³/mol. The Hall–Kier alpha value is -8.40. The van der Waals surface area contributed by atoms with Crippen LogP contribution in [0.4, 0.5) is 17.1 Å². The van der Waals surface area contributed by atoms with Crippen LogP contribution in [0.3, 0.4) is 0 Å². The first-order valence-electron chi connectivity index (χ1n) is 21.4. The zero-order valence-corrected chi connectivity index (χ0v) is 34.3. The number of para-hydroxylation sites is 1. The molecule has 2 aromatic heterocycles. The van der Waals surface area contributed by atoms with E-state index in [0.717, 1.165) is 117 Å². The van der Waals surface area contributed by atoms with Gasteiger partial charge in [-0.1, -0.05) is 176 Å². The smallest absolute Gasteiger partial charge is 0.159 e. The van der Waals surface area contributed by atoms with Crippen molar-refractivity contribution in [3.8, 4) is 55.6 Å². The number of hydrogen-bond donors (Lipinski definition) is 0. The number of hydrogen-bond acceptors (Lipinski definition) is 3. The van der Waals surface area contributed by atoms with Crippen molar-refractivity contribution >= 4 is 60.9 Å². The van der Waals surface area contributed by atoms with Gasteiger partial charge in [-0.05, 0) is 111 Å². The molecule has 0 N–H and O–H groups in total. The minimum atomic E-state index is 0.809. The maximum atomic E-state index is 7.09. The van der Waals surface area contributed by atoms with Gasteiger partial charge in [-0.3, -0.25) is 0 Å². The lowest BCUT2D eigenvalue weighted by atomic mass is 9.96. The molecule has 0 atom stereocenters. The van der Waals surface area contributed by atoms with Crippen LogP contribution in [0.15, 0.2) is 245 Å². The van der Waals surface area contributed by atoms with Crippen LogP contribution >= 0.6 is 0 Å². The number of nitrogens with zero attached hydrogens (tertiary/aromatic N) is 1. The lowest BCUT2D eigenvalue weighted by Gasteiger charge is -2.28. The number of rotatable bonds is 8. The summed E-state index contributed by atoms with van der Waals surface area (Å²) in [5.41, 5.74) is 17.4. The fraction of sp³-hybridized carbons (Fsp3) is 0. The molecule has 0 unspecified atom stereocenters. The Kier molecular flexibility index (Phi) is 8.83. The van der Waals surface area contributed by atoms with Crippen LogP contribution in [0.1, 0.15) is 0 Å². The van der Waals surface area contributed by atoms with E-state index < -0.39 is 0 Å². The van der Waals surface area contributed by atoms with Crippen LogP contribution in [0.25, 0.3) is 99.5 Å². The molecule has 0 saturated heterocycles. The molecule has 3 heteroatoms. The fourth-order valence-electron chi connectivity index (χ4n) is 9.22. The molecule has 0 saturated carbocycles. The first-order chi connectivity index (χ1) is 31.2. The summed E-state index contributed by atoms with van der Waals surface area (Å²) in [5.74, 6) is 0. The first kappa shape index (κ1) is 36.5. The van der Waals surface area contributed by atoms with Gasteiger partial charge in [-0.25, -0.2) is 0 Å². The van der Waals surface area contributed by atoms with Crippen LogP contribution in [0.5, 0.6) is 0 Å². The Morgan fingerprint density at radius 1 is 0.270 bits per heavy atom. The topological polar surface area (TPSA) is 29.5 Å². The second-order valence-electron chi connectivity index (χ2n) is 16.1. The highest BCUT2D eigenvalue weighted by Crippen LogP contribution is 2.50. The van der Waals surface area contributed by atoms with Gasteiger partial charge in [0.05, 0.1) is 16.8 Å². The lowest BCUT2D eigenvalue weighted by Crippen LogP contribution is -2.11. The molecule has 2 heterocycles. The van der Waals surface area contributed by atoms with E-state index >= 15 is 0 Å². The second kappa shape index (κ2) is 15.3. The van der Waals surface area contributed by atoms with Crippen LogP contribution in [0.2, 0.25) is 0 Å². The van der Waals surface area contributed by atoms with E-state index in [0.29, 0.717) is 0 Å². The predicted octanol–water partition coefficient (Wildman–Crippen LogP) is 17.3. The monoisotopic (exact) mass is 805 g/mol. The molecule has 0 bridgehead atoms. The molecule has 3 nitrogen and oxygen atoms in total. The van der Waals surface area contributed by atoms with Crippen molar-refractivity contribution in [1.29, 1.82) is 0 Å². The van der Waals surface area contributed by atoms with Gasteiger partial charge in [-0.2, -0.15) is 0 Å². The van der Waals surface area contributed by atoms with Crippen LogP contribution in [0, 0.1) is 0 Å². The average Bonchev–Trinajstić information content (AvgIpc) is 3.94. The molecule has 10 aromatic carbocycles. The van der Waals surface area contributed by atoms with E-state index in [4.69, 9.17) is 8.83 Å². The molecule has 0 fully saturated rings. The molecule has 296 valence electrons. The van der Waals surface area contributed by atoms with Crippen LogP contribution in [-0.2, 0) is 0 Å². The summed E-state index contributed by atoms with van der Waals surface area (Å²) in [4.78, 5) is 2.39. The standard InChI is InChI=1S/C60H39NO2/c1-6-17-40(18-7-1)45-29-31-51-52-27-16-28-55(59(52)62-56(51)38-45)61(49-36-47(42-21-10-3-11-22-42)35-48(37-49)43-23-12-4-13-24-43)54-34-33-50(44-25-14-5-15-26-44)60-58(54)53-32-30-46(39-57(53)63-60)41-19-8-2-9-20-41/h1-39H. The minimum Gasteiger partial charge on any atom is -0.455 e. The molecule has 0 radical (unpaired) electrons. The quantitative estimate of drug-likeness (QED) is 0.153. The van der Waals surface area contributed by atoms with E-state index in [-0.39, 0.29) is 0 Å². The van der Waals surface area contributed by atoms with Gasteiger partial charge < -0.3 is 13.7 Å². The summed E-state index contributed by atoms with van der Waals surface area (Å²) in [5, 5.41) is 4.18. The SMILES string of the molecule is c1ccc(-c2cc(-c3ccccc3)cc(N(c3cccc4c3oc3cc(-c5ccccc5)ccc34)c3ccc(-c4ccccc4)c4oc5cc(-c6ccccc6)ccc5c34)c2)cc1. The average molecular weight is 806 g/mol. The van der Waals surface area contributed by atoms with Crippen LogP contribution < -0.4 is 4.90 Å². The summed E-state index contributed by atoms with van der Waals surface area (Å²) in [7, 11) is 0. The molecule has 0 aliphatic rings. The van der Waals surface area contributed by atoms with Gasteiger partial charge in [-0.15, -0.1) is 0 Å². The van der Waals surface area contributed by atoms with Crippen molar-refractivity contribution in [2.75, 3.05) is 4.90 Å². The van der Waals surface area contributed by atoms with Crippen molar-refractivity contribution in [1.82, 2.24) is 0 Å². The molecule has 12 rings (SSSR count). The Morgan fingerprint density at radius 3 is 1.30 bits per heavy atom. The van der Waals surface area contributed by atoms with E-state index in [1.54, 1.807) is 0 Å². The highest BCUT2D eigenvalue weighted by atomic mass is 16.3. The van der Waals surface area contributed by atoms with E-state index in [2.05, 4.69) is 241 Å². The molecule has 0 aliphatic carbocycles. The van der Waals surface area contributed by atoms with Crippen molar-refractivity contribution in [2.45, 2.75) is 0 Å².